The van der Waals surface area contributed by atoms with Crippen molar-refractivity contribution in [2.24, 2.45) is 0 Å². The van der Waals surface area contributed by atoms with E-state index in [9.17, 15) is 4.39 Å². The van der Waals surface area contributed by atoms with E-state index in [0.717, 1.165) is 29.4 Å². The number of rotatable bonds is 4. The molecule has 9 heteroatoms. The minimum atomic E-state index is -0.348. The van der Waals surface area contributed by atoms with E-state index in [0.29, 0.717) is 17.3 Å². The fourth-order valence-electron chi connectivity index (χ4n) is 4.06. The van der Waals surface area contributed by atoms with Crippen molar-refractivity contribution in [3.63, 3.8) is 0 Å². The zero-order valence-corrected chi connectivity index (χ0v) is 16.6. The van der Waals surface area contributed by atoms with E-state index in [1.165, 1.54) is 6.07 Å². The third-order valence-electron chi connectivity index (χ3n) is 5.58. The Hall–Kier alpha value is -4.14. The maximum absolute atomic E-state index is 14.4. The molecular weight excluding hydrogens is 395 g/mol. The second-order valence-electron chi connectivity index (χ2n) is 7.28. The lowest BCUT2D eigenvalue weighted by atomic mass is 10.1. The Morgan fingerprint density at radius 2 is 2.00 bits per heavy atom. The summed E-state index contributed by atoms with van der Waals surface area (Å²) >= 11 is 0. The van der Waals surface area contributed by atoms with Crippen molar-refractivity contribution in [1.82, 2.24) is 34.3 Å². The second kappa shape index (κ2) is 6.69. The zero-order chi connectivity index (χ0) is 20.9. The average molecular weight is 412 g/mol. The van der Waals surface area contributed by atoms with Gasteiger partial charge in [0.1, 0.15) is 23.7 Å². The fraction of sp³-hybridized carbons (Fsp3) is 0.136. The van der Waals surface area contributed by atoms with Gasteiger partial charge in [-0.1, -0.05) is 25.1 Å². The zero-order valence-electron chi connectivity index (χ0n) is 16.6. The number of benzene rings is 1. The number of imidazole rings is 1. The smallest absolute Gasteiger partial charge is 0.237 e. The molecule has 1 aromatic carbocycles. The molecule has 2 aliphatic rings. The van der Waals surface area contributed by atoms with Gasteiger partial charge in [0.15, 0.2) is 11.6 Å². The summed E-state index contributed by atoms with van der Waals surface area (Å²) in [6.45, 7) is 2.11. The molecule has 0 amide bonds. The molecule has 0 saturated carbocycles. The summed E-state index contributed by atoms with van der Waals surface area (Å²) in [6, 6.07) is 6.53. The maximum Gasteiger partial charge on any atom is 0.237 e. The lowest BCUT2D eigenvalue weighted by Gasteiger charge is -2.38. The molecule has 1 unspecified atom stereocenters. The van der Waals surface area contributed by atoms with E-state index in [-0.39, 0.29) is 11.9 Å². The number of anilines is 1. The first kappa shape index (κ1) is 17.7. The minimum absolute atomic E-state index is 0.0113. The van der Waals surface area contributed by atoms with Crippen LogP contribution in [0.1, 0.15) is 25.2 Å². The van der Waals surface area contributed by atoms with E-state index in [1.54, 1.807) is 47.7 Å². The van der Waals surface area contributed by atoms with Crippen molar-refractivity contribution < 1.29 is 4.39 Å². The molecule has 0 saturated heterocycles. The van der Waals surface area contributed by atoms with E-state index in [2.05, 4.69) is 32.0 Å². The number of halogens is 1. The number of aromatic nitrogens is 7. The molecule has 1 aliphatic carbocycles. The lowest BCUT2D eigenvalue weighted by Crippen LogP contribution is -2.35. The minimum Gasteiger partial charge on any atom is -0.314 e. The first-order valence-electron chi connectivity index (χ1n) is 10.00. The molecule has 0 N–H and O–H groups in total. The van der Waals surface area contributed by atoms with Gasteiger partial charge < -0.3 is 4.90 Å². The highest BCUT2D eigenvalue weighted by molar-refractivity contribution is 5.68. The maximum atomic E-state index is 14.4. The lowest BCUT2D eigenvalue weighted by molar-refractivity contribution is 0.574. The Bertz CT molecular complexity index is 1370. The highest BCUT2D eigenvalue weighted by atomic mass is 19.1. The van der Waals surface area contributed by atoms with Crippen LogP contribution in [-0.2, 0) is 0 Å². The molecule has 0 bridgehead atoms. The highest BCUT2D eigenvalue weighted by Gasteiger charge is 2.36. The van der Waals surface area contributed by atoms with Gasteiger partial charge in [-0.05, 0) is 30.7 Å². The molecule has 1 atom stereocenters. The van der Waals surface area contributed by atoms with Crippen LogP contribution < -0.4 is 4.90 Å². The molecule has 4 aromatic rings. The Kier molecular flexibility index (Phi) is 3.82. The number of allylic oxidation sites excluding steroid dienone is 3. The topological polar surface area (TPSA) is 77.5 Å². The van der Waals surface area contributed by atoms with Crippen LogP contribution in [0.4, 0.5) is 10.2 Å². The van der Waals surface area contributed by atoms with Gasteiger partial charge in [0.25, 0.3) is 0 Å². The molecule has 152 valence electrons. The molecule has 0 radical (unpaired) electrons. The van der Waals surface area contributed by atoms with E-state index in [1.807, 2.05) is 22.8 Å². The molecular formula is C22H17FN8. The Morgan fingerprint density at radius 3 is 2.77 bits per heavy atom. The molecule has 1 aliphatic heterocycles. The van der Waals surface area contributed by atoms with Gasteiger partial charge in [-0.25, -0.2) is 14.4 Å². The van der Waals surface area contributed by atoms with E-state index >= 15 is 0 Å². The SMILES string of the molecule is CCC1c2nncn2-c2cnc(-n3ccnc3-c3ccccc3F)nc2N1C1=CC=C1. The fourth-order valence-corrected chi connectivity index (χ4v) is 4.06. The quantitative estimate of drug-likeness (QED) is 0.508. The molecule has 6 rings (SSSR count). The van der Waals surface area contributed by atoms with E-state index < -0.39 is 0 Å². The van der Waals surface area contributed by atoms with Gasteiger partial charge in [0.2, 0.25) is 5.95 Å². The average Bonchev–Trinajstić information content (AvgIpc) is 3.42. The van der Waals surface area contributed by atoms with Gasteiger partial charge >= 0.3 is 0 Å². The van der Waals surface area contributed by atoms with Crippen LogP contribution in [0.2, 0.25) is 0 Å². The van der Waals surface area contributed by atoms with Crippen molar-refractivity contribution in [3.05, 3.63) is 84.8 Å². The van der Waals surface area contributed by atoms with Gasteiger partial charge in [-0.2, -0.15) is 4.98 Å². The van der Waals surface area contributed by atoms with Gasteiger partial charge in [0.05, 0.1) is 17.8 Å². The van der Waals surface area contributed by atoms with Crippen LogP contribution in [-0.4, -0.2) is 34.3 Å². The first-order valence-corrected chi connectivity index (χ1v) is 10.00. The summed E-state index contributed by atoms with van der Waals surface area (Å²) in [6.07, 6.45) is 13.7. The summed E-state index contributed by atoms with van der Waals surface area (Å²) in [7, 11) is 0. The normalized spacial score (nSPS) is 16.5. The summed E-state index contributed by atoms with van der Waals surface area (Å²) in [5.41, 5.74) is 2.23. The third kappa shape index (κ3) is 2.56. The van der Waals surface area contributed by atoms with Crippen molar-refractivity contribution in [1.29, 1.82) is 0 Å². The summed E-state index contributed by atoms with van der Waals surface area (Å²) in [4.78, 5) is 16.0. The number of hydrogen-bond donors (Lipinski definition) is 0. The second-order valence-corrected chi connectivity index (χ2v) is 7.28. The predicted molar refractivity (Wildman–Crippen MR) is 112 cm³/mol. The Balaban J connectivity index is 1.54. The molecule has 31 heavy (non-hydrogen) atoms. The van der Waals surface area contributed by atoms with E-state index in [4.69, 9.17) is 4.98 Å². The standard InChI is InChI=1S/C22H17FN8/c1-2-17-21-28-26-13-30(21)18-12-25-22(27-20(18)31(17)14-6-5-7-14)29-11-10-24-19(29)15-8-3-4-9-16(15)23/h3-13,17H,2H2,1H3. The van der Waals surface area contributed by atoms with Crippen LogP contribution >= 0.6 is 0 Å². The highest BCUT2D eigenvalue weighted by Crippen LogP contribution is 2.41. The van der Waals surface area contributed by atoms with Crippen molar-refractivity contribution in [2.45, 2.75) is 19.4 Å². The number of fused-ring (bicyclic) bond motifs is 3. The van der Waals surface area contributed by atoms with Crippen LogP contribution in [0.5, 0.6) is 0 Å². The van der Waals surface area contributed by atoms with Gasteiger partial charge in [0, 0.05) is 18.1 Å². The largest absolute Gasteiger partial charge is 0.314 e. The molecule has 8 nitrogen and oxygen atoms in total. The predicted octanol–water partition coefficient (Wildman–Crippen LogP) is 3.77. The number of hydrogen-bond acceptors (Lipinski definition) is 6. The van der Waals surface area contributed by atoms with Crippen molar-refractivity contribution >= 4 is 5.82 Å². The monoisotopic (exact) mass is 412 g/mol. The molecule has 4 heterocycles. The number of nitrogens with zero attached hydrogens (tertiary/aromatic N) is 8. The first-order chi connectivity index (χ1) is 15.3. The third-order valence-corrected chi connectivity index (χ3v) is 5.58. The van der Waals surface area contributed by atoms with Crippen LogP contribution in [0.25, 0.3) is 23.0 Å². The summed E-state index contributed by atoms with van der Waals surface area (Å²) in [5, 5.41) is 8.45. The Labute approximate surface area is 177 Å². The molecule has 0 spiro atoms. The van der Waals surface area contributed by atoms with Crippen molar-refractivity contribution in [2.75, 3.05) is 4.90 Å². The summed E-state index contributed by atoms with van der Waals surface area (Å²) in [5.74, 6) is 2.10. The molecule has 0 fully saturated rings. The Morgan fingerprint density at radius 1 is 1.13 bits per heavy atom. The van der Waals surface area contributed by atoms with Crippen molar-refractivity contribution in [3.8, 4) is 23.0 Å². The van der Waals surface area contributed by atoms with Crippen LogP contribution in [0.3, 0.4) is 0 Å². The van der Waals surface area contributed by atoms with Crippen LogP contribution in [0.15, 0.2) is 73.1 Å². The summed E-state index contributed by atoms with van der Waals surface area (Å²) < 4.78 is 18.1. The van der Waals surface area contributed by atoms with Crippen LogP contribution in [0, 0.1) is 5.82 Å². The van der Waals surface area contributed by atoms with Gasteiger partial charge in [-0.3, -0.25) is 9.13 Å². The molecule has 3 aromatic heterocycles. The van der Waals surface area contributed by atoms with Gasteiger partial charge in [-0.15, -0.1) is 10.2 Å².